The zero-order valence-electron chi connectivity index (χ0n) is 14.3. The molecule has 0 bridgehead atoms. The number of rotatable bonds is 7. The Morgan fingerprint density at radius 2 is 1.83 bits per heavy atom. The fraction of sp³-hybridized carbons (Fsp3) is 0.333. The molecule has 2 amide bonds. The fourth-order valence-corrected chi connectivity index (χ4v) is 2.92. The second-order valence-electron chi connectivity index (χ2n) is 5.82. The predicted octanol–water partition coefficient (Wildman–Crippen LogP) is 2.55. The number of hydrogen-bond donors (Lipinski definition) is 2. The highest BCUT2D eigenvalue weighted by Gasteiger charge is 2.12. The highest BCUT2D eigenvalue weighted by atomic mass is 32.1. The summed E-state index contributed by atoms with van der Waals surface area (Å²) >= 11 is 1.61. The molecule has 0 atom stereocenters. The van der Waals surface area contributed by atoms with Crippen LogP contribution in [-0.4, -0.2) is 36.9 Å². The van der Waals surface area contributed by atoms with Gasteiger partial charge in [-0.2, -0.15) is 0 Å². The first kappa shape index (κ1) is 18.2. The van der Waals surface area contributed by atoms with Crippen LogP contribution in [0.2, 0.25) is 0 Å². The first-order valence-corrected chi connectivity index (χ1v) is 8.67. The molecule has 0 saturated heterocycles. The molecule has 0 spiro atoms. The van der Waals surface area contributed by atoms with E-state index in [2.05, 4.69) is 10.6 Å². The molecule has 0 fully saturated rings. The Labute approximate surface area is 146 Å². The summed E-state index contributed by atoms with van der Waals surface area (Å²) in [5.74, 6) is -0.220. The van der Waals surface area contributed by atoms with Crippen LogP contribution >= 0.6 is 11.3 Å². The van der Waals surface area contributed by atoms with Crippen molar-refractivity contribution < 1.29 is 9.59 Å². The average molecular weight is 345 g/mol. The maximum atomic E-state index is 12.1. The number of nitrogens with zero attached hydrogens (tertiary/aromatic N) is 1. The molecule has 128 valence electrons. The van der Waals surface area contributed by atoms with Gasteiger partial charge in [0, 0.05) is 10.6 Å². The molecule has 0 aliphatic rings. The van der Waals surface area contributed by atoms with E-state index in [1.807, 2.05) is 49.6 Å². The average Bonchev–Trinajstić information content (AvgIpc) is 3.03. The predicted molar refractivity (Wildman–Crippen MR) is 98.2 cm³/mol. The lowest BCUT2D eigenvalue weighted by Crippen LogP contribution is -2.38. The van der Waals surface area contributed by atoms with Crippen molar-refractivity contribution in [1.29, 1.82) is 0 Å². The minimum Gasteiger partial charge on any atom is -0.350 e. The summed E-state index contributed by atoms with van der Waals surface area (Å²) in [6.07, 6.45) is 0. The number of aryl methyl sites for hydroxylation is 1. The van der Waals surface area contributed by atoms with E-state index in [-0.39, 0.29) is 24.9 Å². The molecule has 0 unspecified atom stereocenters. The van der Waals surface area contributed by atoms with E-state index in [1.54, 1.807) is 23.3 Å². The molecule has 2 rings (SSSR count). The SMILES string of the molecule is Cc1cccc(NC(=O)CN(C)CC(=O)NCc2cccs2)c1C. The van der Waals surface area contributed by atoms with Gasteiger partial charge in [-0.1, -0.05) is 18.2 Å². The first-order valence-electron chi connectivity index (χ1n) is 7.79. The molecular formula is C18H23N3O2S. The van der Waals surface area contributed by atoms with Gasteiger partial charge >= 0.3 is 0 Å². The summed E-state index contributed by atoms with van der Waals surface area (Å²) in [5.41, 5.74) is 3.01. The summed E-state index contributed by atoms with van der Waals surface area (Å²) < 4.78 is 0. The lowest BCUT2D eigenvalue weighted by molar-refractivity contribution is -0.123. The van der Waals surface area contributed by atoms with E-state index in [0.717, 1.165) is 21.7 Å². The van der Waals surface area contributed by atoms with Crippen LogP contribution in [0.4, 0.5) is 5.69 Å². The largest absolute Gasteiger partial charge is 0.350 e. The lowest BCUT2D eigenvalue weighted by atomic mass is 10.1. The molecule has 2 N–H and O–H groups in total. The summed E-state index contributed by atoms with van der Waals surface area (Å²) in [5, 5.41) is 7.73. The van der Waals surface area contributed by atoms with Crippen molar-refractivity contribution in [2.45, 2.75) is 20.4 Å². The molecule has 0 aliphatic heterocycles. The lowest BCUT2D eigenvalue weighted by Gasteiger charge is -2.17. The normalized spacial score (nSPS) is 10.7. The number of carbonyl (C=O) groups is 2. The van der Waals surface area contributed by atoms with E-state index in [4.69, 9.17) is 0 Å². The maximum Gasteiger partial charge on any atom is 0.238 e. The molecule has 0 radical (unpaired) electrons. The van der Waals surface area contributed by atoms with E-state index in [9.17, 15) is 9.59 Å². The van der Waals surface area contributed by atoms with Gasteiger partial charge in [0.05, 0.1) is 19.6 Å². The Balaban J connectivity index is 1.76. The van der Waals surface area contributed by atoms with E-state index in [1.165, 1.54) is 0 Å². The van der Waals surface area contributed by atoms with Gasteiger partial charge < -0.3 is 10.6 Å². The van der Waals surface area contributed by atoms with Gasteiger partial charge in [0.25, 0.3) is 0 Å². The minimum atomic E-state index is -0.128. The van der Waals surface area contributed by atoms with Crippen molar-refractivity contribution in [1.82, 2.24) is 10.2 Å². The number of anilines is 1. The Morgan fingerprint density at radius 1 is 1.08 bits per heavy atom. The van der Waals surface area contributed by atoms with Crippen molar-refractivity contribution in [3.63, 3.8) is 0 Å². The minimum absolute atomic E-state index is 0.0922. The number of thiophene rings is 1. The molecule has 6 heteroatoms. The van der Waals surface area contributed by atoms with Gasteiger partial charge in [0.2, 0.25) is 11.8 Å². The Hall–Kier alpha value is -2.18. The number of hydrogen-bond acceptors (Lipinski definition) is 4. The van der Waals surface area contributed by atoms with Crippen molar-refractivity contribution >= 4 is 28.8 Å². The third kappa shape index (κ3) is 5.47. The highest BCUT2D eigenvalue weighted by molar-refractivity contribution is 7.09. The smallest absolute Gasteiger partial charge is 0.238 e. The number of carbonyl (C=O) groups excluding carboxylic acids is 2. The quantitative estimate of drug-likeness (QED) is 0.811. The monoisotopic (exact) mass is 345 g/mol. The van der Waals surface area contributed by atoms with Crippen molar-refractivity contribution in [2.75, 3.05) is 25.5 Å². The molecule has 1 heterocycles. The molecular weight excluding hydrogens is 322 g/mol. The number of likely N-dealkylation sites (N-methyl/N-ethyl adjacent to an activating group) is 1. The van der Waals surface area contributed by atoms with Crippen molar-refractivity contribution in [3.05, 3.63) is 51.7 Å². The maximum absolute atomic E-state index is 12.1. The van der Waals surface area contributed by atoms with E-state index >= 15 is 0 Å². The van der Waals surface area contributed by atoms with Crippen LogP contribution < -0.4 is 10.6 Å². The second kappa shape index (κ2) is 8.61. The van der Waals surface area contributed by atoms with Crippen LogP contribution in [0.25, 0.3) is 0 Å². The number of nitrogens with one attached hydrogen (secondary N) is 2. The van der Waals surface area contributed by atoms with Gasteiger partial charge in [-0.25, -0.2) is 0 Å². The van der Waals surface area contributed by atoms with Crippen LogP contribution in [0.3, 0.4) is 0 Å². The van der Waals surface area contributed by atoms with Crippen LogP contribution in [0, 0.1) is 13.8 Å². The molecule has 2 aromatic rings. The number of benzene rings is 1. The van der Waals surface area contributed by atoms with Crippen LogP contribution in [-0.2, 0) is 16.1 Å². The van der Waals surface area contributed by atoms with Gasteiger partial charge in [0.15, 0.2) is 0 Å². The molecule has 1 aromatic heterocycles. The van der Waals surface area contributed by atoms with Gasteiger partial charge in [-0.15, -0.1) is 11.3 Å². The van der Waals surface area contributed by atoms with Crippen LogP contribution in [0.15, 0.2) is 35.7 Å². The molecule has 0 aliphatic carbocycles. The van der Waals surface area contributed by atoms with Gasteiger partial charge in [-0.05, 0) is 49.5 Å². The summed E-state index contributed by atoms with van der Waals surface area (Å²) in [6.45, 7) is 4.87. The standard InChI is InChI=1S/C18H23N3O2S/c1-13-6-4-8-16(14(13)2)20-18(23)12-21(3)11-17(22)19-10-15-7-5-9-24-15/h4-9H,10-12H2,1-3H3,(H,19,22)(H,20,23). The van der Waals surface area contributed by atoms with Crippen molar-refractivity contribution in [3.8, 4) is 0 Å². The zero-order chi connectivity index (χ0) is 17.5. The zero-order valence-corrected chi connectivity index (χ0v) is 15.1. The molecule has 24 heavy (non-hydrogen) atoms. The van der Waals surface area contributed by atoms with Crippen LogP contribution in [0.5, 0.6) is 0 Å². The Kier molecular flexibility index (Phi) is 6.52. The third-order valence-corrected chi connectivity index (χ3v) is 4.62. The van der Waals surface area contributed by atoms with E-state index in [0.29, 0.717) is 6.54 Å². The third-order valence-electron chi connectivity index (χ3n) is 3.75. The molecule has 0 saturated carbocycles. The molecule has 1 aromatic carbocycles. The second-order valence-corrected chi connectivity index (χ2v) is 6.86. The summed E-state index contributed by atoms with van der Waals surface area (Å²) in [7, 11) is 1.76. The first-order chi connectivity index (χ1) is 11.5. The van der Waals surface area contributed by atoms with Crippen molar-refractivity contribution in [2.24, 2.45) is 0 Å². The summed E-state index contributed by atoms with van der Waals surface area (Å²) in [4.78, 5) is 26.8. The summed E-state index contributed by atoms with van der Waals surface area (Å²) in [6, 6.07) is 9.74. The highest BCUT2D eigenvalue weighted by Crippen LogP contribution is 2.17. The Bertz CT molecular complexity index is 698. The fourth-order valence-electron chi connectivity index (χ4n) is 2.28. The Morgan fingerprint density at radius 3 is 2.54 bits per heavy atom. The number of amides is 2. The van der Waals surface area contributed by atoms with Gasteiger partial charge in [-0.3, -0.25) is 14.5 Å². The van der Waals surface area contributed by atoms with Gasteiger partial charge in [0.1, 0.15) is 0 Å². The topological polar surface area (TPSA) is 61.4 Å². The molecule has 5 nitrogen and oxygen atoms in total. The van der Waals surface area contributed by atoms with E-state index < -0.39 is 0 Å². The van der Waals surface area contributed by atoms with Crippen LogP contribution in [0.1, 0.15) is 16.0 Å².